The van der Waals surface area contributed by atoms with Gasteiger partial charge in [0.2, 0.25) is 5.91 Å². The molecule has 4 N–H and O–H groups in total. The number of carbonyl (C=O) groups is 2. The van der Waals surface area contributed by atoms with Crippen molar-refractivity contribution >= 4 is 23.6 Å². The summed E-state index contributed by atoms with van der Waals surface area (Å²) in [6, 6.07) is 8.03. The Hall–Kier alpha value is -1.53. The van der Waals surface area contributed by atoms with Gasteiger partial charge >= 0.3 is 5.97 Å². The van der Waals surface area contributed by atoms with Crippen LogP contribution in [0.1, 0.15) is 18.4 Å². The Bertz CT molecular complexity index is 453. The zero-order valence-electron chi connectivity index (χ0n) is 12.1. The second kappa shape index (κ2) is 9.41. The number of benzene rings is 1. The lowest BCUT2D eigenvalue weighted by atomic mass is 10.0. The zero-order chi connectivity index (χ0) is 15.7. The van der Waals surface area contributed by atoms with Crippen LogP contribution in [0.4, 0.5) is 0 Å². The van der Waals surface area contributed by atoms with Gasteiger partial charge in [-0.25, -0.2) is 4.79 Å². The first-order valence-corrected chi connectivity index (χ1v) is 8.25. The molecular weight excluding hydrogens is 288 g/mol. The Morgan fingerprint density at radius 3 is 2.52 bits per heavy atom. The fourth-order valence-corrected chi connectivity index (χ4v) is 2.36. The van der Waals surface area contributed by atoms with Crippen LogP contribution in [-0.4, -0.2) is 41.1 Å². The number of rotatable bonds is 9. The van der Waals surface area contributed by atoms with Crippen molar-refractivity contribution in [1.29, 1.82) is 0 Å². The number of aliphatic carboxylic acids is 1. The van der Waals surface area contributed by atoms with E-state index >= 15 is 0 Å². The van der Waals surface area contributed by atoms with Crippen LogP contribution in [0, 0.1) is 0 Å². The standard InChI is InChI=1S/C15H22N2O3S/c1-21-10-9-12(16)14(18)17-13(15(19)20)8-7-11-5-3-2-4-6-11/h2-6,12-13H,7-10,16H2,1H3,(H,17,18)(H,19,20)/t12-,13+/m1/s1. The quantitative estimate of drug-likeness (QED) is 0.639. The van der Waals surface area contributed by atoms with Crippen LogP contribution in [0.15, 0.2) is 30.3 Å². The van der Waals surface area contributed by atoms with Gasteiger partial charge in [0.05, 0.1) is 6.04 Å². The van der Waals surface area contributed by atoms with Gasteiger partial charge in [0.1, 0.15) is 6.04 Å². The van der Waals surface area contributed by atoms with E-state index in [9.17, 15) is 14.7 Å². The summed E-state index contributed by atoms with van der Waals surface area (Å²) in [5, 5.41) is 11.7. The van der Waals surface area contributed by atoms with Crippen LogP contribution in [0.25, 0.3) is 0 Å². The second-order valence-corrected chi connectivity index (χ2v) is 5.80. The summed E-state index contributed by atoms with van der Waals surface area (Å²) in [5.74, 6) is -0.656. The number of nitrogens with one attached hydrogen (secondary N) is 1. The van der Waals surface area contributed by atoms with Gasteiger partial charge in [-0.15, -0.1) is 0 Å². The van der Waals surface area contributed by atoms with E-state index in [0.29, 0.717) is 19.3 Å². The van der Waals surface area contributed by atoms with Crippen LogP contribution in [-0.2, 0) is 16.0 Å². The fraction of sp³-hybridized carbons (Fsp3) is 0.467. The molecule has 0 aliphatic carbocycles. The van der Waals surface area contributed by atoms with Crippen LogP contribution >= 0.6 is 11.8 Å². The molecule has 0 fully saturated rings. The van der Waals surface area contributed by atoms with Crippen molar-refractivity contribution in [3.8, 4) is 0 Å². The SMILES string of the molecule is CSCC[C@@H](N)C(=O)N[C@@H](CCc1ccccc1)C(=O)O. The second-order valence-electron chi connectivity index (χ2n) is 4.81. The number of amides is 1. The van der Waals surface area contributed by atoms with Crippen molar-refractivity contribution in [2.24, 2.45) is 5.73 Å². The molecule has 5 nitrogen and oxygen atoms in total. The molecule has 0 saturated carbocycles. The molecule has 116 valence electrons. The van der Waals surface area contributed by atoms with Gasteiger partial charge in [-0.3, -0.25) is 4.79 Å². The molecule has 0 saturated heterocycles. The third-order valence-corrected chi connectivity index (χ3v) is 3.79. The van der Waals surface area contributed by atoms with E-state index in [2.05, 4.69) is 5.32 Å². The van der Waals surface area contributed by atoms with Crippen molar-refractivity contribution in [1.82, 2.24) is 5.32 Å². The smallest absolute Gasteiger partial charge is 0.326 e. The maximum absolute atomic E-state index is 11.9. The minimum atomic E-state index is -1.03. The molecule has 1 amide bonds. The lowest BCUT2D eigenvalue weighted by Gasteiger charge is -2.17. The Morgan fingerprint density at radius 2 is 1.95 bits per heavy atom. The van der Waals surface area contributed by atoms with Gasteiger partial charge in [-0.1, -0.05) is 30.3 Å². The number of thioether (sulfide) groups is 1. The summed E-state index contributed by atoms with van der Waals surface area (Å²) in [6.07, 6.45) is 3.42. The molecule has 0 aliphatic rings. The molecule has 0 bridgehead atoms. The highest BCUT2D eigenvalue weighted by Gasteiger charge is 2.22. The lowest BCUT2D eigenvalue weighted by molar-refractivity contribution is -0.142. The average Bonchev–Trinajstić information content (AvgIpc) is 2.49. The molecule has 1 aromatic carbocycles. The third-order valence-electron chi connectivity index (χ3n) is 3.15. The summed E-state index contributed by atoms with van der Waals surface area (Å²) in [5.41, 5.74) is 6.79. The first kappa shape index (κ1) is 17.5. The first-order valence-electron chi connectivity index (χ1n) is 6.86. The van der Waals surface area contributed by atoms with Crippen molar-refractivity contribution < 1.29 is 14.7 Å². The molecule has 2 atom stereocenters. The molecule has 1 rings (SSSR count). The molecule has 0 heterocycles. The first-order chi connectivity index (χ1) is 10.0. The van der Waals surface area contributed by atoms with Crippen LogP contribution in [0.2, 0.25) is 0 Å². The Balaban J connectivity index is 2.50. The van der Waals surface area contributed by atoms with Gasteiger partial charge in [-0.05, 0) is 36.8 Å². The molecule has 0 aliphatic heterocycles. The van der Waals surface area contributed by atoms with Gasteiger partial charge < -0.3 is 16.2 Å². The number of hydrogen-bond acceptors (Lipinski definition) is 4. The predicted octanol–water partition coefficient (Wildman–Crippen LogP) is 1.27. The maximum atomic E-state index is 11.9. The lowest BCUT2D eigenvalue weighted by Crippen LogP contribution is -2.48. The average molecular weight is 310 g/mol. The van der Waals surface area contributed by atoms with E-state index in [1.165, 1.54) is 0 Å². The highest BCUT2D eigenvalue weighted by Crippen LogP contribution is 2.06. The predicted molar refractivity (Wildman–Crippen MR) is 85.3 cm³/mol. The van der Waals surface area contributed by atoms with Crippen molar-refractivity contribution in [3.63, 3.8) is 0 Å². The summed E-state index contributed by atoms with van der Waals surface area (Å²) in [4.78, 5) is 23.1. The van der Waals surface area contributed by atoms with Crippen molar-refractivity contribution in [2.75, 3.05) is 12.0 Å². The van der Waals surface area contributed by atoms with E-state index in [1.807, 2.05) is 36.6 Å². The van der Waals surface area contributed by atoms with Crippen LogP contribution in [0.3, 0.4) is 0 Å². The fourth-order valence-electron chi connectivity index (χ4n) is 1.87. The molecule has 6 heteroatoms. The van der Waals surface area contributed by atoms with Gasteiger partial charge in [0.25, 0.3) is 0 Å². The summed E-state index contributed by atoms with van der Waals surface area (Å²) in [7, 11) is 0. The number of carboxylic acids is 1. The van der Waals surface area contributed by atoms with Gasteiger partial charge in [0, 0.05) is 0 Å². The number of aryl methyl sites for hydroxylation is 1. The highest BCUT2D eigenvalue weighted by molar-refractivity contribution is 7.98. The number of hydrogen-bond donors (Lipinski definition) is 3. The number of nitrogens with two attached hydrogens (primary N) is 1. The molecule has 21 heavy (non-hydrogen) atoms. The van der Waals surface area contributed by atoms with E-state index in [0.717, 1.165) is 11.3 Å². The monoisotopic (exact) mass is 310 g/mol. The summed E-state index contributed by atoms with van der Waals surface area (Å²) < 4.78 is 0. The molecular formula is C15H22N2O3S. The largest absolute Gasteiger partial charge is 0.480 e. The van der Waals surface area contributed by atoms with Crippen LogP contribution < -0.4 is 11.1 Å². The normalized spacial score (nSPS) is 13.4. The van der Waals surface area contributed by atoms with Crippen molar-refractivity contribution in [3.05, 3.63) is 35.9 Å². The third kappa shape index (κ3) is 6.64. The highest BCUT2D eigenvalue weighted by atomic mass is 32.2. The number of carbonyl (C=O) groups excluding carboxylic acids is 1. The topological polar surface area (TPSA) is 92.4 Å². The van der Waals surface area contributed by atoms with E-state index in [1.54, 1.807) is 11.8 Å². The molecule has 0 aromatic heterocycles. The minimum absolute atomic E-state index is 0.348. The Kier molecular flexibility index (Phi) is 7.85. The van der Waals surface area contributed by atoms with E-state index < -0.39 is 24.0 Å². The maximum Gasteiger partial charge on any atom is 0.326 e. The van der Waals surface area contributed by atoms with Crippen LogP contribution in [0.5, 0.6) is 0 Å². The van der Waals surface area contributed by atoms with E-state index in [-0.39, 0.29) is 0 Å². The van der Waals surface area contributed by atoms with Gasteiger partial charge in [0.15, 0.2) is 0 Å². The van der Waals surface area contributed by atoms with E-state index in [4.69, 9.17) is 5.73 Å². The Labute approximate surface area is 129 Å². The zero-order valence-corrected chi connectivity index (χ0v) is 12.9. The summed E-state index contributed by atoms with van der Waals surface area (Å²) >= 11 is 1.60. The molecule has 0 radical (unpaired) electrons. The summed E-state index contributed by atoms with van der Waals surface area (Å²) in [6.45, 7) is 0. The Morgan fingerprint density at radius 1 is 1.29 bits per heavy atom. The molecule has 0 unspecified atom stereocenters. The molecule has 1 aromatic rings. The van der Waals surface area contributed by atoms with Gasteiger partial charge in [-0.2, -0.15) is 11.8 Å². The molecule has 0 spiro atoms. The van der Waals surface area contributed by atoms with Crippen molar-refractivity contribution in [2.45, 2.75) is 31.3 Å². The number of carboxylic acid groups (broad SMARTS) is 1. The minimum Gasteiger partial charge on any atom is -0.480 e.